The van der Waals surface area contributed by atoms with E-state index in [1.54, 1.807) is 14.2 Å². The number of benzene rings is 1. The lowest BCUT2D eigenvalue weighted by Crippen LogP contribution is -2.23. The van der Waals surface area contributed by atoms with E-state index in [2.05, 4.69) is 38.2 Å². The summed E-state index contributed by atoms with van der Waals surface area (Å²) < 4.78 is 10.7. The van der Waals surface area contributed by atoms with Gasteiger partial charge < -0.3 is 14.8 Å². The molecule has 0 fully saturated rings. The number of rotatable bonds is 10. The highest BCUT2D eigenvalue weighted by Gasteiger charge is 2.08. The summed E-state index contributed by atoms with van der Waals surface area (Å²) in [6.45, 7) is 7.66. The van der Waals surface area contributed by atoms with Gasteiger partial charge >= 0.3 is 0 Å². The molecule has 0 saturated carbocycles. The zero-order valence-corrected chi connectivity index (χ0v) is 14.3. The van der Waals surface area contributed by atoms with Crippen LogP contribution < -0.4 is 14.8 Å². The molecule has 0 heterocycles. The molecule has 1 N–H and O–H groups in total. The Kier molecular flexibility index (Phi) is 8.21. The Bertz CT molecular complexity index is 416. The summed E-state index contributed by atoms with van der Waals surface area (Å²) in [7, 11) is 3.38. The third kappa shape index (κ3) is 6.38. The first-order valence-corrected chi connectivity index (χ1v) is 8.03. The number of methoxy groups -OCH3 is 2. The van der Waals surface area contributed by atoms with Gasteiger partial charge in [0.2, 0.25) is 0 Å². The van der Waals surface area contributed by atoms with Gasteiger partial charge in [-0.05, 0) is 56.0 Å². The van der Waals surface area contributed by atoms with Crippen molar-refractivity contribution in [1.82, 2.24) is 5.32 Å². The number of unbranched alkanes of at least 4 members (excludes halogenated alkanes) is 3. The van der Waals surface area contributed by atoms with Gasteiger partial charge in [-0.25, -0.2) is 0 Å². The van der Waals surface area contributed by atoms with Crippen LogP contribution in [0.2, 0.25) is 0 Å². The van der Waals surface area contributed by atoms with Crippen LogP contribution in [0.4, 0.5) is 0 Å². The maximum atomic E-state index is 5.38. The van der Waals surface area contributed by atoms with Crippen LogP contribution in [0.3, 0.4) is 0 Å². The molecule has 0 aliphatic rings. The fraction of sp³-hybridized carbons (Fsp3) is 0.667. The lowest BCUT2D eigenvalue weighted by Gasteiger charge is -2.13. The summed E-state index contributed by atoms with van der Waals surface area (Å²) >= 11 is 0. The van der Waals surface area contributed by atoms with Crippen molar-refractivity contribution in [2.24, 2.45) is 0 Å². The van der Waals surface area contributed by atoms with Crippen LogP contribution in [0, 0.1) is 6.92 Å². The van der Waals surface area contributed by atoms with Crippen molar-refractivity contribution < 1.29 is 9.47 Å². The summed E-state index contributed by atoms with van der Waals surface area (Å²) in [5.41, 5.74) is 2.65. The minimum atomic E-state index is 0.597. The van der Waals surface area contributed by atoms with E-state index in [-0.39, 0.29) is 0 Å². The van der Waals surface area contributed by atoms with Crippen molar-refractivity contribution in [2.45, 2.75) is 58.9 Å². The zero-order chi connectivity index (χ0) is 15.7. The first kappa shape index (κ1) is 17.8. The van der Waals surface area contributed by atoms with Crippen molar-refractivity contribution in [3.8, 4) is 11.5 Å². The van der Waals surface area contributed by atoms with E-state index in [9.17, 15) is 0 Å². The molecule has 0 aliphatic carbocycles. The monoisotopic (exact) mass is 293 g/mol. The maximum absolute atomic E-state index is 5.38. The average molecular weight is 293 g/mol. The minimum Gasteiger partial charge on any atom is -0.493 e. The van der Waals surface area contributed by atoms with E-state index in [4.69, 9.17) is 9.47 Å². The fourth-order valence-electron chi connectivity index (χ4n) is 2.48. The Morgan fingerprint density at radius 3 is 2.19 bits per heavy atom. The lowest BCUT2D eigenvalue weighted by atomic mass is 10.0. The molecule has 0 radical (unpaired) electrons. The maximum Gasteiger partial charge on any atom is 0.161 e. The van der Waals surface area contributed by atoms with Gasteiger partial charge in [0.05, 0.1) is 14.2 Å². The second-order valence-corrected chi connectivity index (χ2v) is 5.91. The standard InChI is InChI=1S/C18H31NO2/c1-14(2)19-11-9-7-6-8-10-16-13-18(21-5)17(20-4)12-15(16)3/h12-14,19H,6-11H2,1-5H3. The SMILES string of the molecule is COc1cc(C)c(CCCCCCNC(C)C)cc1OC. The van der Waals surface area contributed by atoms with Gasteiger partial charge in [-0.15, -0.1) is 0 Å². The van der Waals surface area contributed by atoms with E-state index in [1.165, 1.54) is 36.8 Å². The van der Waals surface area contributed by atoms with Gasteiger partial charge in [-0.3, -0.25) is 0 Å². The Morgan fingerprint density at radius 2 is 1.57 bits per heavy atom. The first-order valence-electron chi connectivity index (χ1n) is 8.03. The molecule has 0 aromatic heterocycles. The van der Waals surface area contributed by atoms with Crippen molar-refractivity contribution in [3.05, 3.63) is 23.3 Å². The largest absolute Gasteiger partial charge is 0.493 e. The highest BCUT2D eigenvalue weighted by molar-refractivity contribution is 5.47. The Hall–Kier alpha value is -1.22. The molecule has 0 spiro atoms. The topological polar surface area (TPSA) is 30.5 Å². The van der Waals surface area contributed by atoms with Gasteiger partial charge in [0.1, 0.15) is 0 Å². The number of hydrogen-bond donors (Lipinski definition) is 1. The molecule has 0 bridgehead atoms. The molecule has 0 amide bonds. The van der Waals surface area contributed by atoms with Crippen LogP contribution >= 0.6 is 0 Å². The van der Waals surface area contributed by atoms with E-state index >= 15 is 0 Å². The quantitative estimate of drug-likeness (QED) is 0.658. The van der Waals surface area contributed by atoms with Crippen LogP contribution in [-0.2, 0) is 6.42 Å². The molecular weight excluding hydrogens is 262 g/mol. The summed E-state index contributed by atoms with van der Waals surface area (Å²) in [6.07, 6.45) is 6.20. The molecule has 0 saturated heterocycles. The Morgan fingerprint density at radius 1 is 0.952 bits per heavy atom. The lowest BCUT2D eigenvalue weighted by molar-refractivity contribution is 0.354. The van der Waals surface area contributed by atoms with Crippen LogP contribution in [-0.4, -0.2) is 26.8 Å². The van der Waals surface area contributed by atoms with Crippen LogP contribution in [0.1, 0.15) is 50.7 Å². The number of ether oxygens (including phenoxy) is 2. The van der Waals surface area contributed by atoms with Crippen molar-refractivity contribution in [2.75, 3.05) is 20.8 Å². The molecule has 3 nitrogen and oxygen atoms in total. The highest BCUT2D eigenvalue weighted by Crippen LogP contribution is 2.30. The first-order chi connectivity index (χ1) is 10.1. The van der Waals surface area contributed by atoms with Crippen molar-refractivity contribution in [3.63, 3.8) is 0 Å². The van der Waals surface area contributed by atoms with Gasteiger partial charge in [0, 0.05) is 6.04 Å². The number of nitrogens with one attached hydrogen (secondary N) is 1. The number of hydrogen-bond acceptors (Lipinski definition) is 3. The molecule has 0 unspecified atom stereocenters. The fourth-order valence-corrected chi connectivity index (χ4v) is 2.48. The van der Waals surface area contributed by atoms with Gasteiger partial charge in [0.25, 0.3) is 0 Å². The molecular formula is C18H31NO2. The second kappa shape index (κ2) is 9.67. The second-order valence-electron chi connectivity index (χ2n) is 5.91. The highest BCUT2D eigenvalue weighted by atomic mass is 16.5. The summed E-state index contributed by atoms with van der Waals surface area (Å²) in [6, 6.07) is 4.79. The molecule has 1 rings (SSSR count). The predicted octanol–water partition coefficient (Wildman–Crippen LogP) is 4.11. The summed E-state index contributed by atoms with van der Waals surface area (Å²) in [5.74, 6) is 1.65. The molecule has 1 aromatic rings. The molecule has 3 heteroatoms. The van der Waals surface area contributed by atoms with Crippen LogP contribution in [0.25, 0.3) is 0 Å². The summed E-state index contributed by atoms with van der Waals surface area (Å²) in [4.78, 5) is 0. The third-order valence-corrected chi connectivity index (χ3v) is 3.77. The predicted molar refractivity (Wildman–Crippen MR) is 89.6 cm³/mol. The number of aryl methyl sites for hydroxylation is 2. The molecule has 0 atom stereocenters. The molecule has 21 heavy (non-hydrogen) atoms. The van der Waals surface area contributed by atoms with E-state index in [0.717, 1.165) is 24.5 Å². The van der Waals surface area contributed by atoms with Crippen LogP contribution in [0.5, 0.6) is 11.5 Å². The zero-order valence-electron chi connectivity index (χ0n) is 14.3. The van der Waals surface area contributed by atoms with E-state index in [1.807, 2.05) is 0 Å². The normalized spacial score (nSPS) is 11.0. The Balaban J connectivity index is 2.35. The minimum absolute atomic E-state index is 0.597. The van der Waals surface area contributed by atoms with Gasteiger partial charge in [-0.1, -0.05) is 26.7 Å². The average Bonchev–Trinajstić information content (AvgIpc) is 2.46. The molecule has 0 aliphatic heterocycles. The summed E-state index contributed by atoms with van der Waals surface area (Å²) in [5, 5.41) is 3.46. The smallest absolute Gasteiger partial charge is 0.161 e. The molecule has 120 valence electrons. The molecule has 1 aromatic carbocycles. The van der Waals surface area contributed by atoms with Crippen molar-refractivity contribution >= 4 is 0 Å². The Labute approximate surface area is 130 Å². The van der Waals surface area contributed by atoms with Gasteiger partial charge in [-0.2, -0.15) is 0 Å². The van der Waals surface area contributed by atoms with Gasteiger partial charge in [0.15, 0.2) is 11.5 Å². The third-order valence-electron chi connectivity index (χ3n) is 3.77. The van der Waals surface area contributed by atoms with Crippen molar-refractivity contribution in [1.29, 1.82) is 0 Å². The van der Waals surface area contributed by atoms with Crippen LogP contribution in [0.15, 0.2) is 12.1 Å². The van der Waals surface area contributed by atoms with E-state index in [0.29, 0.717) is 6.04 Å². The van der Waals surface area contributed by atoms with E-state index < -0.39 is 0 Å².